The lowest BCUT2D eigenvalue weighted by Gasteiger charge is -2.21. The molecule has 1 N–H and O–H groups in total. The summed E-state index contributed by atoms with van der Waals surface area (Å²) in [4.78, 5) is 16.9. The highest BCUT2D eigenvalue weighted by Gasteiger charge is 2.27. The summed E-state index contributed by atoms with van der Waals surface area (Å²) in [6.07, 6.45) is 3.39. The topological polar surface area (TPSA) is 90.0 Å². The number of rotatable bonds is 2. The molecule has 0 bridgehead atoms. The Morgan fingerprint density at radius 3 is 3.09 bits per heavy atom. The highest BCUT2D eigenvalue weighted by atomic mass is 16.2. The number of nitrogens with zero attached hydrogens (tertiary/aromatic N) is 6. The second-order valence-corrected chi connectivity index (χ2v) is 5.94. The quantitative estimate of drug-likeness (QED) is 0.766. The number of aromatic nitrogens is 6. The molecule has 3 aromatic rings. The van der Waals surface area contributed by atoms with E-state index in [1.807, 2.05) is 36.9 Å². The number of carbonyl (C=O) groups excluding carboxylic acids is 1. The average Bonchev–Trinajstić information content (AvgIpc) is 3.08. The van der Waals surface area contributed by atoms with E-state index >= 15 is 0 Å². The first kappa shape index (κ1) is 13.9. The Balaban J connectivity index is 1.53. The number of pyridine rings is 1. The fourth-order valence-electron chi connectivity index (χ4n) is 2.94. The molecule has 4 heterocycles. The van der Waals surface area contributed by atoms with E-state index in [0.29, 0.717) is 12.5 Å². The van der Waals surface area contributed by atoms with Gasteiger partial charge in [-0.25, -0.2) is 9.67 Å². The monoisotopic (exact) mass is 311 g/mol. The van der Waals surface area contributed by atoms with Gasteiger partial charge in [-0.3, -0.25) is 14.5 Å². The highest BCUT2D eigenvalue weighted by molar-refractivity contribution is 5.91. The molecule has 1 amide bonds. The Kier molecular flexibility index (Phi) is 3.10. The molecule has 0 aromatic carbocycles. The predicted molar refractivity (Wildman–Crippen MR) is 82.9 cm³/mol. The van der Waals surface area contributed by atoms with Gasteiger partial charge in [0.15, 0.2) is 5.65 Å². The summed E-state index contributed by atoms with van der Waals surface area (Å²) in [6, 6.07) is 3.88. The van der Waals surface area contributed by atoms with Gasteiger partial charge in [-0.1, -0.05) is 0 Å². The molecule has 0 radical (unpaired) electrons. The van der Waals surface area contributed by atoms with Crippen LogP contribution in [0.4, 0.5) is 5.95 Å². The molecule has 0 aliphatic carbocycles. The third-order valence-electron chi connectivity index (χ3n) is 4.14. The predicted octanol–water partition coefficient (Wildman–Crippen LogP) is 1.14. The van der Waals surface area contributed by atoms with Crippen molar-refractivity contribution < 1.29 is 4.79 Å². The minimum atomic E-state index is -0.138. The standard InChI is InChI=1S/C15H17N7O/c1-9-5-6-21-13(7-9)18-19-15(21)17-14(23)11-3-4-12-16-10(2)20-22(12)8-11/h5-7,11H,3-4,8H2,1-2H3,(H,17,19,23). The van der Waals surface area contributed by atoms with Gasteiger partial charge in [-0.05, 0) is 38.0 Å². The first-order valence-corrected chi connectivity index (χ1v) is 7.63. The molecule has 1 atom stereocenters. The van der Waals surface area contributed by atoms with Crippen LogP contribution in [0.5, 0.6) is 0 Å². The number of hydrogen-bond donors (Lipinski definition) is 1. The number of anilines is 1. The summed E-state index contributed by atoms with van der Waals surface area (Å²) >= 11 is 0. The van der Waals surface area contributed by atoms with Crippen molar-refractivity contribution >= 4 is 17.5 Å². The molecule has 1 aliphatic rings. The van der Waals surface area contributed by atoms with Crippen LogP contribution in [0.3, 0.4) is 0 Å². The Bertz CT molecular complexity index is 895. The lowest BCUT2D eigenvalue weighted by atomic mass is 9.99. The first-order valence-electron chi connectivity index (χ1n) is 7.63. The summed E-state index contributed by atoms with van der Waals surface area (Å²) < 4.78 is 3.60. The molecule has 118 valence electrons. The average molecular weight is 311 g/mol. The largest absolute Gasteiger partial charge is 0.294 e. The Morgan fingerprint density at radius 1 is 1.35 bits per heavy atom. The minimum absolute atomic E-state index is 0.0568. The van der Waals surface area contributed by atoms with Crippen molar-refractivity contribution in [3.05, 3.63) is 35.5 Å². The number of fused-ring (bicyclic) bond motifs is 2. The fourth-order valence-corrected chi connectivity index (χ4v) is 2.94. The summed E-state index contributed by atoms with van der Waals surface area (Å²) in [6.45, 7) is 4.41. The molecule has 1 aliphatic heterocycles. The SMILES string of the molecule is Cc1ccn2c(NC(=O)C3CCc4nc(C)nn4C3)nnc2c1. The zero-order valence-electron chi connectivity index (χ0n) is 13.0. The molecule has 8 heteroatoms. The van der Waals surface area contributed by atoms with Gasteiger partial charge in [0.25, 0.3) is 0 Å². The number of amides is 1. The van der Waals surface area contributed by atoms with E-state index in [9.17, 15) is 4.79 Å². The molecule has 8 nitrogen and oxygen atoms in total. The number of carbonyl (C=O) groups is 1. The van der Waals surface area contributed by atoms with E-state index in [1.54, 1.807) is 4.40 Å². The van der Waals surface area contributed by atoms with Gasteiger partial charge in [0.2, 0.25) is 11.9 Å². The van der Waals surface area contributed by atoms with Crippen LogP contribution in [-0.4, -0.2) is 35.3 Å². The lowest BCUT2D eigenvalue weighted by molar-refractivity contribution is -0.120. The van der Waals surface area contributed by atoms with E-state index in [1.165, 1.54) is 0 Å². The minimum Gasteiger partial charge on any atom is -0.294 e. The second kappa shape index (κ2) is 5.15. The van der Waals surface area contributed by atoms with Gasteiger partial charge in [-0.2, -0.15) is 5.10 Å². The molecule has 1 unspecified atom stereocenters. The van der Waals surface area contributed by atoms with Crippen LogP contribution >= 0.6 is 0 Å². The second-order valence-electron chi connectivity index (χ2n) is 5.94. The highest BCUT2D eigenvalue weighted by Crippen LogP contribution is 2.20. The Labute approximate surface area is 132 Å². The molecule has 4 rings (SSSR count). The number of nitrogens with one attached hydrogen (secondary N) is 1. The van der Waals surface area contributed by atoms with Crippen molar-refractivity contribution in [2.45, 2.75) is 33.2 Å². The van der Waals surface area contributed by atoms with Crippen LogP contribution in [-0.2, 0) is 17.8 Å². The van der Waals surface area contributed by atoms with Crippen LogP contribution in [0, 0.1) is 19.8 Å². The Hall–Kier alpha value is -2.77. The maximum absolute atomic E-state index is 12.5. The molecule has 0 saturated carbocycles. The van der Waals surface area contributed by atoms with Crippen molar-refractivity contribution in [2.24, 2.45) is 5.92 Å². The normalized spacial score (nSPS) is 17.2. The molecule has 0 fully saturated rings. The zero-order chi connectivity index (χ0) is 16.0. The van der Waals surface area contributed by atoms with E-state index in [-0.39, 0.29) is 11.8 Å². The molecule has 0 saturated heterocycles. The van der Waals surface area contributed by atoms with Crippen LogP contribution in [0.2, 0.25) is 0 Å². The van der Waals surface area contributed by atoms with E-state index in [4.69, 9.17) is 0 Å². The van der Waals surface area contributed by atoms with Crippen molar-refractivity contribution in [1.82, 2.24) is 29.4 Å². The zero-order valence-corrected chi connectivity index (χ0v) is 13.0. The van der Waals surface area contributed by atoms with E-state index < -0.39 is 0 Å². The first-order chi connectivity index (χ1) is 11.1. The van der Waals surface area contributed by atoms with Crippen molar-refractivity contribution in [1.29, 1.82) is 0 Å². The third-order valence-corrected chi connectivity index (χ3v) is 4.14. The Morgan fingerprint density at radius 2 is 2.22 bits per heavy atom. The van der Waals surface area contributed by atoms with Gasteiger partial charge in [0.1, 0.15) is 11.6 Å². The van der Waals surface area contributed by atoms with Crippen LogP contribution in [0.15, 0.2) is 18.3 Å². The summed E-state index contributed by atoms with van der Waals surface area (Å²) in [5.41, 5.74) is 1.82. The van der Waals surface area contributed by atoms with Gasteiger partial charge >= 0.3 is 0 Å². The van der Waals surface area contributed by atoms with Crippen LogP contribution in [0.25, 0.3) is 5.65 Å². The summed E-state index contributed by atoms with van der Waals surface area (Å²) in [5, 5.41) is 15.4. The lowest BCUT2D eigenvalue weighted by Crippen LogP contribution is -2.32. The molecular weight excluding hydrogens is 294 g/mol. The van der Waals surface area contributed by atoms with Crippen molar-refractivity contribution in [3.63, 3.8) is 0 Å². The van der Waals surface area contributed by atoms with Crippen molar-refractivity contribution in [3.8, 4) is 0 Å². The van der Waals surface area contributed by atoms with Gasteiger partial charge < -0.3 is 0 Å². The summed E-state index contributed by atoms with van der Waals surface area (Å²) in [5.74, 6) is 1.96. The van der Waals surface area contributed by atoms with Gasteiger partial charge in [-0.15, -0.1) is 10.2 Å². The molecular formula is C15H17N7O. The van der Waals surface area contributed by atoms with Crippen LogP contribution < -0.4 is 5.32 Å². The maximum Gasteiger partial charge on any atom is 0.235 e. The molecule has 23 heavy (non-hydrogen) atoms. The van der Waals surface area contributed by atoms with E-state index in [2.05, 4.69) is 25.6 Å². The smallest absolute Gasteiger partial charge is 0.235 e. The third kappa shape index (κ3) is 2.45. The van der Waals surface area contributed by atoms with Gasteiger partial charge in [0.05, 0.1) is 12.5 Å². The molecule has 3 aromatic heterocycles. The summed E-state index contributed by atoms with van der Waals surface area (Å²) in [7, 11) is 0. The maximum atomic E-state index is 12.5. The number of aryl methyl sites for hydroxylation is 3. The van der Waals surface area contributed by atoms with Crippen LogP contribution in [0.1, 0.15) is 23.6 Å². The van der Waals surface area contributed by atoms with E-state index in [0.717, 1.165) is 35.7 Å². The molecule has 0 spiro atoms. The van der Waals surface area contributed by atoms with Gasteiger partial charge in [0, 0.05) is 12.6 Å². The number of hydrogen-bond acceptors (Lipinski definition) is 5. The fraction of sp³-hybridized carbons (Fsp3) is 0.400. The van der Waals surface area contributed by atoms with Crippen molar-refractivity contribution in [2.75, 3.05) is 5.32 Å².